The van der Waals surface area contributed by atoms with E-state index in [1.54, 1.807) is 36.4 Å². The number of hydrogen-bond acceptors (Lipinski definition) is 1. The number of rotatable bonds is 4. The van der Waals surface area contributed by atoms with Gasteiger partial charge in [-0.2, -0.15) is 31.6 Å². The number of benzene rings is 7. The van der Waals surface area contributed by atoms with E-state index in [1.807, 2.05) is 71.3 Å². The summed E-state index contributed by atoms with van der Waals surface area (Å²) in [7, 11) is 0. The van der Waals surface area contributed by atoms with Crippen LogP contribution in [-0.2, 0) is 12.4 Å². The number of nitriles is 1. The second-order valence-electron chi connectivity index (χ2n) is 13.1. The summed E-state index contributed by atoms with van der Waals surface area (Å²) < 4.78 is 89.3. The van der Waals surface area contributed by atoms with Gasteiger partial charge in [-0.1, -0.05) is 103 Å². The van der Waals surface area contributed by atoms with E-state index < -0.39 is 34.7 Å². The topological polar surface area (TPSA) is 33.6 Å². The largest absolute Gasteiger partial charge is 0.418 e. The van der Waals surface area contributed by atoms with Crippen LogP contribution >= 0.6 is 0 Å². The van der Waals surface area contributed by atoms with Gasteiger partial charge in [-0.15, -0.1) is 0 Å². The van der Waals surface area contributed by atoms with Gasteiger partial charge in [0.2, 0.25) is 0 Å². The Morgan fingerprint density at radius 1 is 0.426 bits per heavy atom. The van der Waals surface area contributed by atoms with Gasteiger partial charge in [-0.3, -0.25) is 0 Å². The summed E-state index contributed by atoms with van der Waals surface area (Å²) in [6.45, 7) is 0. The molecule has 0 saturated carbocycles. The number of hydrogen-bond donors (Lipinski definition) is 0. The number of aromatic nitrogens is 2. The molecule has 0 radical (unpaired) electrons. The van der Waals surface area contributed by atoms with Crippen molar-refractivity contribution in [2.45, 2.75) is 12.4 Å². The predicted octanol–water partition coefficient (Wildman–Crippen LogP) is 13.1. The van der Waals surface area contributed by atoms with E-state index in [0.717, 1.165) is 44.2 Å². The Bertz CT molecular complexity index is 2960. The molecule has 54 heavy (non-hydrogen) atoms. The van der Waals surface area contributed by atoms with Gasteiger partial charge in [0.05, 0.1) is 44.4 Å². The average molecular weight is 722 g/mol. The highest BCUT2D eigenvalue weighted by Gasteiger charge is 2.41. The lowest BCUT2D eigenvalue weighted by Crippen LogP contribution is -2.16. The normalized spacial score (nSPS) is 12.2. The van der Waals surface area contributed by atoms with Crippen LogP contribution in [0.25, 0.3) is 77.2 Å². The first-order chi connectivity index (χ1) is 26.0. The fourth-order valence-corrected chi connectivity index (χ4v) is 7.60. The second-order valence-corrected chi connectivity index (χ2v) is 13.1. The maximum Gasteiger partial charge on any atom is 0.418 e. The molecule has 0 aliphatic carbocycles. The van der Waals surface area contributed by atoms with Crippen molar-refractivity contribution in [2.24, 2.45) is 0 Å². The molecule has 9 aromatic rings. The Labute approximate surface area is 304 Å². The number of alkyl halides is 6. The zero-order valence-electron chi connectivity index (χ0n) is 28.0. The van der Waals surface area contributed by atoms with Crippen LogP contribution in [0.4, 0.5) is 26.3 Å². The molecule has 2 heterocycles. The van der Waals surface area contributed by atoms with E-state index in [4.69, 9.17) is 0 Å². The van der Waals surface area contributed by atoms with Gasteiger partial charge in [-0.25, -0.2) is 0 Å². The van der Waals surface area contributed by atoms with Crippen LogP contribution in [0.5, 0.6) is 0 Å². The van der Waals surface area contributed by atoms with Crippen molar-refractivity contribution < 1.29 is 26.3 Å². The van der Waals surface area contributed by atoms with Crippen molar-refractivity contribution >= 4 is 43.6 Å². The standard InChI is InChI=1S/C45H25F6N3/c46-44(47,48)32-21-31(26-52)43(38(23-32)45(49,50)51)54-40-16-7-5-14-35(40)37-24-36-34-13-4-6-15-39(34)53(41(36)25-42(37)54)33-12-8-11-30(22-33)29-19-17-28(18-20-29)27-9-2-1-3-10-27/h1-25H. The van der Waals surface area contributed by atoms with Gasteiger partial charge in [0.1, 0.15) is 6.07 Å². The molecule has 0 N–H and O–H groups in total. The third kappa shape index (κ3) is 5.29. The summed E-state index contributed by atoms with van der Waals surface area (Å²) in [5.41, 5.74) is 2.58. The SMILES string of the molecule is N#Cc1cc(C(F)(F)F)cc(C(F)(F)F)c1-n1c2ccccc2c2cc3c4ccccc4n(-c4cccc(-c5ccc(-c6ccccc6)cc5)c4)c3cc21. The molecule has 0 unspecified atom stereocenters. The van der Waals surface area contributed by atoms with Crippen molar-refractivity contribution in [1.29, 1.82) is 5.26 Å². The molecule has 3 nitrogen and oxygen atoms in total. The minimum Gasteiger partial charge on any atom is -0.309 e. The minimum absolute atomic E-state index is 0.0875. The van der Waals surface area contributed by atoms with E-state index in [2.05, 4.69) is 42.5 Å². The highest BCUT2D eigenvalue weighted by Crippen LogP contribution is 2.45. The Balaban J connectivity index is 1.32. The third-order valence-electron chi connectivity index (χ3n) is 9.98. The first-order valence-electron chi connectivity index (χ1n) is 17.0. The molecule has 2 aromatic heterocycles. The van der Waals surface area contributed by atoms with Gasteiger partial charge in [-0.05, 0) is 70.8 Å². The summed E-state index contributed by atoms with van der Waals surface area (Å²) in [6.07, 6.45) is -10.3. The van der Waals surface area contributed by atoms with Crippen LogP contribution in [0.1, 0.15) is 16.7 Å². The summed E-state index contributed by atoms with van der Waals surface area (Å²) in [5.74, 6) is 0. The Kier molecular flexibility index (Phi) is 7.43. The summed E-state index contributed by atoms with van der Waals surface area (Å²) in [5, 5.41) is 13.0. The molecule has 0 fully saturated rings. The third-order valence-corrected chi connectivity index (χ3v) is 9.98. The maximum absolute atomic E-state index is 14.8. The van der Waals surface area contributed by atoms with E-state index in [9.17, 15) is 31.6 Å². The molecule has 0 aliphatic rings. The van der Waals surface area contributed by atoms with E-state index in [-0.39, 0.29) is 6.07 Å². The second kappa shape index (κ2) is 12.1. The molecule has 0 bridgehead atoms. The van der Waals surface area contributed by atoms with Gasteiger partial charge < -0.3 is 9.13 Å². The fourth-order valence-electron chi connectivity index (χ4n) is 7.60. The molecule has 9 rings (SSSR count). The number of para-hydroxylation sites is 2. The maximum atomic E-state index is 14.8. The van der Waals surface area contributed by atoms with Crippen molar-refractivity contribution in [3.63, 3.8) is 0 Å². The van der Waals surface area contributed by atoms with Gasteiger partial charge in [0.15, 0.2) is 0 Å². The van der Waals surface area contributed by atoms with E-state index >= 15 is 0 Å². The van der Waals surface area contributed by atoms with Gasteiger partial charge >= 0.3 is 12.4 Å². The van der Waals surface area contributed by atoms with Crippen LogP contribution in [0.2, 0.25) is 0 Å². The monoisotopic (exact) mass is 721 g/mol. The lowest BCUT2D eigenvalue weighted by atomic mass is 10.00. The van der Waals surface area contributed by atoms with Gasteiger partial charge in [0, 0.05) is 27.2 Å². The highest BCUT2D eigenvalue weighted by atomic mass is 19.4. The van der Waals surface area contributed by atoms with Crippen LogP contribution < -0.4 is 0 Å². The minimum atomic E-state index is -5.21. The summed E-state index contributed by atoms with van der Waals surface area (Å²) in [4.78, 5) is 0. The molecule has 262 valence electrons. The Hall–Kier alpha value is -6.79. The van der Waals surface area contributed by atoms with Crippen molar-refractivity contribution in [3.8, 4) is 39.7 Å². The molecule has 0 amide bonds. The van der Waals surface area contributed by atoms with E-state index in [0.29, 0.717) is 33.4 Å². The first-order valence-corrected chi connectivity index (χ1v) is 17.0. The Morgan fingerprint density at radius 2 is 0.963 bits per heavy atom. The zero-order valence-corrected chi connectivity index (χ0v) is 28.0. The lowest BCUT2D eigenvalue weighted by Gasteiger charge is -2.20. The number of fused-ring (bicyclic) bond motifs is 6. The molecule has 0 aliphatic heterocycles. The molecule has 0 atom stereocenters. The fraction of sp³-hybridized carbons (Fsp3) is 0.0444. The quantitative estimate of drug-likeness (QED) is 0.167. The van der Waals surface area contributed by atoms with Crippen LogP contribution in [0.15, 0.2) is 152 Å². The lowest BCUT2D eigenvalue weighted by molar-refractivity contribution is -0.143. The first kappa shape index (κ1) is 33.1. The number of nitrogens with zero attached hydrogens (tertiary/aromatic N) is 3. The predicted molar refractivity (Wildman–Crippen MR) is 201 cm³/mol. The number of halogens is 6. The van der Waals surface area contributed by atoms with Crippen molar-refractivity contribution in [3.05, 3.63) is 168 Å². The Morgan fingerprint density at radius 3 is 1.57 bits per heavy atom. The van der Waals surface area contributed by atoms with Crippen LogP contribution in [-0.4, -0.2) is 9.13 Å². The highest BCUT2D eigenvalue weighted by molar-refractivity contribution is 6.19. The van der Waals surface area contributed by atoms with Gasteiger partial charge in [0.25, 0.3) is 0 Å². The van der Waals surface area contributed by atoms with Crippen LogP contribution in [0.3, 0.4) is 0 Å². The molecular formula is C45H25F6N3. The molecule has 0 spiro atoms. The van der Waals surface area contributed by atoms with Crippen LogP contribution in [0, 0.1) is 11.3 Å². The molecule has 7 aromatic carbocycles. The molecule has 0 saturated heterocycles. The van der Waals surface area contributed by atoms with Crippen molar-refractivity contribution in [2.75, 3.05) is 0 Å². The zero-order chi connectivity index (χ0) is 37.4. The van der Waals surface area contributed by atoms with Crippen molar-refractivity contribution in [1.82, 2.24) is 9.13 Å². The van der Waals surface area contributed by atoms with E-state index in [1.165, 1.54) is 4.57 Å². The molecular weight excluding hydrogens is 697 g/mol. The smallest absolute Gasteiger partial charge is 0.309 e. The summed E-state index contributed by atoms with van der Waals surface area (Å²) >= 11 is 0. The summed E-state index contributed by atoms with van der Waals surface area (Å²) in [6, 6.07) is 46.7. The average Bonchev–Trinajstić information content (AvgIpc) is 3.68. The molecule has 9 heteroatoms.